The number of phenolic OH excluding ortho intramolecular Hbond substituents is 2. The molecule has 0 spiro atoms. The molecule has 1 heterocycles. The molecule has 0 saturated carbocycles. The Hall–Kier alpha value is -2.01. The summed E-state index contributed by atoms with van der Waals surface area (Å²) in [4.78, 5) is 11.5. The minimum Gasteiger partial charge on any atom is -0.508 e. The largest absolute Gasteiger partial charge is 0.508 e. The number of aliphatic hydroxyl groups excluding tert-OH is 1. The van der Waals surface area contributed by atoms with Crippen LogP contribution in [0, 0.1) is 6.92 Å². The van der Waals surface area contributed by atoms with Gasteiger partial charge in [0.2, 0.25) is 0 Å². The Balaban J connectivity index is 3.02. The summed E-state index contributed by atoms with van der Waals surface area (Å²) < 4.78 is 4.84. The van der Waals surface area contributed by atoms with Crippen molar-refractivity contribution in [1.29, 1.82) is 0 Å². The molecule has 84 valence electrons. The Morgan fingerprint density at radius 3 is 2.62 bits per heavy atom. The van der Waals surface area contributed by atoms with Crippen LogP contribution >= 0.6 is 0 Å². The maximum absolute atomic E-state index is 11.5. The van der Waals surface area contributed by atoms with E-state index >= 15 is 0 Å². The average Bonchev–Trinajstić information content (AvgIpc) is 2.22. The van der Waals surface area contributed by atoms with Crippen molar-refractivity contribution in [3.63, 3.8) is 0 Å². The summed E-state index contributed by atoms with van der Waals surface area (Å²) in [5, 5.41) is 28.2. The molecule has 2 aromatic rings. The Kier molecular flexibility index (Phi) is 2.32. The number of benzene rings is 1. The van der Waals surface area contributed by atoms with Crippen LogP contribution in [0.25, 0.3) is 10.8 Å². The van der Waals surface area contributed by atoms with E-state index in [0.717, 1.165) is 6.07 Å². The second-order valence-corrected chi connectivity index (χ2v) is 3.48. The quantitative estimate of drug-likeness (QED) is 0.669. The summed E-state index contributed by atoms with van der Waals surface area (Å²) in [6.45, 7) is 1.23. The second-order valence-electron chi connectivity index (χ2n) is 3.48. The molecule has 1 aromatic heterocycles. The Morgan fingerprint density at radius 1 is 1.31 bits per heavy atom. The summed E-state index contributed by atoms with van der Waals surface area (Å²) >= 11 is 0. The molecular weight excluding hydrogens is 212 g/mol. The number of phenols is 2. The topological polar surface area (TPSA) is 90.9 Å². The zero-order valence-corrected chi connectivity index (χ0v) is 8.52. The first kappa shape index (κ1) is 10.5. The van der Waals surface area contributed by atoms with Gasteiger partial charge in [0, 0.05) is 11.5 Å². The SMILES string of the molecule is Cc1c(CO)oc(=O)c2c(O)cc(O)cc12. The van der Waals surface area contributed by atoms with Crippen molar-refractivity contribution in [2.45, 2.75) is 13.5 Å². The Labute approximate surface area is 90.2 Å². The lowest BCUT2D eigenvalue weighted by atomic mass is 10.1. The van der Waals surface area contributed by atoms with Gasteiger partial charge in [-0.3, -0.25) is 0 Å². The molecular formula is C11H10O5. The van der Waals surface area contributed by atoms with Crippen LogP contribution in [0.3, 0.4) is 0 Å². The van der Waals surface area contributed by atoms with Crippen LogP contribution in [-0.4, -0.2) is 15.3 Å². The van der Waals surface area contributed by atoms with E-state index in [1.165, 1.54) is 6.07 Å². The van der Waals surface area contributed by atoms with Crippen LogP contribution in [0.1, 0.15) is 11.3 Å². The molecule has 0 atom stereocenters. The average molecular weight is 222 g/mol. The van der Waals surface area contributed by atoms with Crippen LogP contribution in [-0.2, 0) is 6.61 Å². The number of rotatable bonds is 1. The molecule has 2 rings (SSSR count). The monoisotopic (exact) mass is 222 g/mol. The van der Waals surface area contributed by atoms with E-state index in [9.17, 15) is 15.0 Å². The second kappa shape index (κ2) is 3.53. The summed E-state index contributed by atoms with van der Waals surface area (Å²) in [5.41, 5.74) is -0.217. The molecule has 5 nitrogen and oxygen atoms in total. The highest BCUT2D eigenvalue weighted by molar-refractivity contribution is 5.91. The molecule has 0 radical (unpaired) electrons. The summed E-state index contributed by atoms with van der Waals surface area (Å²) in [5.74, 6) is -0.360. The van der Waals surface area contributed by atoms with E-state index in [0.29, 0.717) is 10.9 Å². The fourth-order valence-corrected chi connectivity index (χ4v) is 1.66. The van der Waals surface area contributed by atoms with Crippen molar-refractivity contribution >= 4 is 10.8 Å². The standard InChI is InChI=1S/C11H10O5/c1-5-7-2-6(13)3-8(14)10(7)11(15)16-9(5)4-12/h2-3,12-14H,4H2,1H3. The molecule has 0 fully saturated rings. The number of aromatic hydroxyl groups is 2. The molecule has 0 saturated heterocycles. The highest BCUT2D eigenvalue weighted by Gasteiger charge is 2.14. The molecule has 5 heteroatoms. The van der Waals surface area contributed by atoms with Gasteiger partial charge < -0.3 is 19.7 Å². The van der Waals surface area contributed by atoms with E-state index in [1.807, 2.05) is 0 Å². The van der Waals surface area contributed by atoms with Gasteiger partial charge in [-0.25, -0.2) is 4.79 Å². The van der Waals surface area contributed by atoms with E-state index in [4.69, 9.17) is 9.52 Å². The molecule has 0 bridgehead atoms. The zero-order valence-electron chi connectivity index (χ0n) is 8.52. The molecule has 16 heavy (non-hydrogen) atoms. The Bertz CT molecular complexity index is 612. The molecule has 0 aliphatic carbocycles. The highest BCUT2D eigenvalue weighted by atomic mass is 16.4. The van der Waals surface area contributed by atoms with Crippen LogP contribution in [0.5, 0.6) is 11.5 Å². The van der Waals surface area contributed by atoms with Gasteiger partial charge in [-0.1, -0.05) is 0 Å². The lowest BCUT2D eigenvalue weighted by Crippen LogP contribution is -2.05. The van der Waals surface area contributed by atoms with Gasteiger partial charge in [0.15, 0.2) is 0 Å². The van der Waals surface area contributed by atoms with Crippen molar-refractivity contribution in [3.05, 3.63) is 33.9 Å². The summed E-state index contributed by atoms with van der Waals surface area (Å²) in [6, 6.07) is 2.41. The lowest BCUT2D eigenvalue weighted by Gasteiger charge is -2.07. The highest BCUT2D eigenvalue weighted by Crippen LogP contribution is 2.30. The normalized spacial score (nSPS) is 10.9. The number of fused-ring (bicyclic) bond motifs is 1. The number of hydrogen-bond donors (Lipinski definition) is 3. The molecule has 0 aliphatic rings. The Morgan fingerprint density at radius 2 is 2.00 bits per heavy atom. The third-order valence-corrected chi connectivity index (χ3v) is 2.49. The first-order valence-electron chi connectivity index (χ1n) is 4.63. The van der Waals surface area contributed by atoms with Gasteiger partial charge in [-0.05, 0) is 18.6 Å². The molecule has 3 N–H and O–H groups in total. The third-order valence-electron chi connectivity index (χ3n) is 2.49. The molecule has 0 aliphatic heterocycles. The maximum atomic E-state index is 11.5. The van der Waals surface area contributed by atoms with Crippen LogP contribution in [0.2, 0.25) is 0 Å². The lowest BCUT2D eigenvalue weighted by molar-refractivity contribution is 0.239. The van der Waals surface area contributed by atoms with E-state index in [1.54, 1.807) is 6.92 Å². The molecule has 0 amide bonds. The fraction of sp³-hybridized carbons (Fsp3) is 0.182. The minimum absolute atomic E-state index is 0.00694. The number of hydrogen-bond acceptors (Lipinski definition) is 5. The predicted octanol–water partition coefficient (Wildman–Crippen LogP) is 1.00. The fourth-order valence-electron chi connectivity index (χ4n) is 1.66. The van der Waals surface area contributed by atoms with E-state index in [-0.39, 0.29) is 22.6 Å². The van der Waals surface area contributed by atoms with Gasteiger partial charge >= 0.3 is 5.63 Å². The first-order valence-corrected chi connectivity index (χ1v) is 4.63. The van der Waals surface area contributed by atoms with Crippen molar-refractivity contribution < 1.29 is 19.7 Å². The third kappa shape index (κ3) is 1.42. The predicted molar refractivity (Wildman–Crippen MR) is 56.5 cm³/mol. The van der Waals surface area contributed by atoms with Crippen LogP contribution in [0.15, 0.2) is 21.3 Å². The van der Waals surface area contributed by atoms with E-state index in [2.05, 4.69) is 0 Å². The van der Waals surface area contributed by atoms with Crippen molar-refractivity contribution in [3.8, 4) is 11.5 Å². The van der Waals surface area contributed by atoms with E-state index < -0.39 is 12.2 Å². The van der Waals surface area contributed by atoms with Crippen LogP contribution in [0.4, 0.5) is 0 Å². The minimum atomic E-state index is -0.734. The smallest absolute Gasteiger partial charge is 0.347 e. The number of aliphatic hydroxyl groups is 1. The summed E-state index contributed by atoms with van der Waals surface area (Å²) in [7, 11) is 0. The van der Waals surface area contributed by atoms with Gasteiger partial charge in [-0.2, -0.15) is 0 Å². The van der Waals surface area contributed by atoms with Gasteiger partial charge in [0.1, 0.15) is 29.3 Å². The van der Waals surface area contributed by atoms with Gasteiger partial charge in [0.05, 0.1) is 0 Å². The summed E-state index contributed by atoms with van der Waals surface area (Å²) in [6.07, 6.45) is 0. The van der Waals surface area contributed by atoms with Gasteiger partial charge in [0.25, 0.3) is 0 Å². The molecule has 1 aromatic carbocycles. The number of aryl methyl sites for hydroxylation is 1. The first-order chi connectivity index (χ1) is 7.54. The molecule has 0 unspecified atom stereocenters. The van der Waals surface area contributed by atoms with Crippen LogP contribution < -0.4 is 5.63 Å². The van der Waals surface area contributed by atoms with Crippen molar-refractivity contribution in [2.75, 3.05) is 0 Å². The van der Waals surface area contributed by atoms with Crippen molar-refractivity contribution in [1.82, 2.24) is 0 Å². The van der Waals surface area contributed by atoms with Gasteiger partial charge in [-0.15, -0.1) is 0 Å². The van der Waals surface area contributed by atoms with Crippen molar-refractivity contribution in [2.24, 2.45) is 0 Å². The maximum Gasteiger partial charge on any atom is 0.347 e. The zero-order chi connectivity index (χ0) is 11.9.